The number of fused-ring (bicyclic) bond motifs is 1. The molecule has 112 valence electrons. The third kappa shape index (κ3) is 2.10. The van der Waals surface area contributed by atoms with Crippen LogP contribution in [0.1, 0.15) is 40.0 Å². The Balaban J connectivity index is 1.94. The van der Waals surface area contributed by atoms with Gasteiger partial charge in [-0.05, 0) is 25.2 Å². The molecule has 2 fully saturated rings. The van der Waals surface area contributed by atoms with Crippen LogP contribution in [0.5, 0.6) is 0 Å². The number of nitrogens with zero attached hydrogens (tertiary/aromatic N) is 2. The molecule has 1 heterocycles. The van der Waals surface area contributed by atoms with Crippen LogP contribution >= 0.6 is 0 Å². The molecule has 3 rings (SSSR count). The predicted molar refractivity (Wildman–Crippen MR) is 78.0 cm³/mol. The molecular weight excluding hydrogens is 264 g/mol. The van der Waals surface area contributed by atoms with Crippen LogP contribution in [0.25, 0.3) is 0 Å². The number of allylic oxidation sites excluding steroid dienone is 1. The summed E-state index contributed by atoms with van der Waals surface area (Å²) in [5.74, 6) is 0.631. The Hall–Kier alpha value is -1.63. The van der Waals surface area contributed by atoms with Crippen LogP contribution in [0.3, 0.4) is 0 Å². The molecule has 0 radical (unpaired) electrons. The summed E-state index contributed by atoms with van der Waals surface area (Å²) in [6.45, 7) is 7.36. The van der Waals surface area contributed by atoms with E-state index in [0.29, 0.717) is 6.54 Å². The number of nitriles is 1. The molecule has 2 unspecified atom stereocenters. The van der Waals surface area contributed by atoms with Crippen LogP contribution in [0.4, 0.5) is 0 Å². The highest BCUT2D eigenvalue weighted by atomic mass is 16.2. The number of piperidine rings is 1. The molecule has 2 atom stereocenters. The van der Waals surface area contributed by atoms with Crippen molar-refractivity contribution in [3.8, 4) is 6.07 Å². The van der Waals surface area contributed by atoms with Gasteiger partial charge in [0.05, 0.1) is 5.57 Å². The van der Waals surface area contributed by atoms with Crippen molar-refractivity contribution in [1.29, 1.82) is 5.26 Å². The van der Waals surface area contributed by atoms with E-state index in [-0.39, 0.29) is 34.5 Å². The maximum Gasteiger partial charge on any atom is 0.225 e. The van der Waals surface area contributed by atoms with Gasteiger partial charge in [-0.3, -0.25) is 9.59 Å². The number of rotatable bonds is 1. The Labute approximate surface area is 125 Å². The van der Waals surface area contributed by atoms with E-state index in [2.05, 4.69) is 13.0 Å². The largest absolute Gasteiger partial charge is 0.342 e. The van der Waals surface area contributed by atoms with Crippen LogP contribution < -0.4 is 0 Å². The molecule has 0 N–H and O–H groups in total. The van der Waals surface area contributed by atoms with Crippen LogP contribution in [0.15, 0.2) is 11.6 Å². The minimum atomic E-state index is -0.525. The van der Waals surface area contributed by atoms with Crippen molar-refractivity contribution in [2.75, 3.05) is 13.1 Å². The van der Waals surface area contributed by atoms with Gasteiger partial charge in [-0.1, -0.05) is 26.8 Å². The fourth-order valence-electron chi connectivity index (χ4n) is 4.31. The van der Waals surface area contributed by atoms with Gasteiger partial charge in [-0.2, -0.15) is 5.26 Å². The molecule has 1 saturated heterocycles. The Morgan fingerprint density at radius 3 is 2.57 bits per heavy atom. The maximum absolute atomic E-state index is 12.4. The van der Waals surface area contributed by atoms with Crippen molar-refractivity contribution in [3.63, 3.8) is 0 Å². The number of ketones is 1. The molecule has 1 saturated carbocycles. The lowest BCUT2D eigenvalue weighted by Gasteiger charge is -2.53. The van der Waals surface area contributed by atoms with Gasteiger partial charge >= 0.3 is 0 Å². The lowest BCUT2D eigenvalue weighted by molar-refractivity contribution is -0.141. The zero-order chi connectivity index (χ0) is 15.4. The second kappa shape index (κ2) is 4.43. The molecule has 2 aliphatic carbocycles. The highest BCUT2D eigenvalue weighted by molar-refractivity contribution is 6.04. The van der Waals surface area contributed by atoms with E-state index in [1.54, 1.807) is 0 Å². The van der Waals surface area contributed by atoms with Gasteiger partial charge in [-0.25, -0.2) is 0 Å². The quantitative estimate of drug-likeness (QED) is 0.743. The summed E-state index contributed by atoms with van der Waals surface area (Å²) >= 11 is 0. The number of likely N-dealkylation sites (tertiary alicyclic amines) is 1. The molecule has 0 aromatic rings. The van der Waals surface area contributed by atoms with Crippen molar-refractivity contribution in [2.45, 2.75) is 40.0 Å². The highest BCUT2D eigenvalue weighted by Crippen LogP contribution is 2.52. The fourth-order valence-corrected chi connectivity index (χ4v) is 4.31. The number of hydrogen-bond donors (Lipinski definition) is 0. The second-order valence-corrected chi connectivity index (χ2v) is 7.60. The first-order chi connectivity index (χ1) is 9.79. The zero-order valence-electron chi connectivity index (χ0n) is 13.0. The van der Waals surface area contributed by atoms with Crippen LogP contribution in [0.2, 0.25) is 0 Å². The van der Waals surface area contributed by atoms with Gasteiger partial charge in [0.2, 0.25) is 5.91 Å². The minimum Gasteiger partial charge on any atom is -0.342 e. The van der Waals surface area contributed by atoms with Crippen molar-refractivity contribution in [1.82, 2.24) is 4.90 Å². The third-order valence-electron chi connectivity index (χ3n) is 5.55. The first-order valence-corrected chi connectivity index (χ1v) is 7.76. The molecule has 1 aliphatic heterocycles. The van der Waals surface area contributed by atoms with Gasteiger partial charge in [0.1, 0.15) is 6.07 Å². The average Bonchev–Trinajstić information content (AvgIpc) is 3.26. The normalized spacial score (nSPS) is 34.8. The molecule has 1 amide bonds. The van der Waals surface area contributed by atoms with E-state index < -0.39 is 5.41 Å². The molecule has 3 aliphatic rings. The summed E-state index contributed by atoms with van der Waals surface area (Å²) in [4.78, 5) is 26.7. The number of hydrogen-bond acceptors (Lipinski definition) is 3. The van der Waals surface area contributed by atoms with Crippen LogP contribution in [-0.4, -0.2) is 29.7 Å². The molecule has 0 aromatic carbocycles. The minimum absolute atomic E-state index is 0.0468. The standard InChI is InChI=1S/C17H22N2O2/c1-16(2)13-6-7-19(15(21)11-4-5-11)10-17(13,3)8-12(9-18)14(16)20/h8,11,13H,4-7,10H2,1-3H3. The van der Waals surface area contributed by atoms with Gasteiger partial charge in [0, 0.05) is 29.8 Å². The summed E-state index contributed by atoms with van der Waals surface area (Å²) < 4.78 is 0. The Bertz CT molecular complexity index is 580. The van der Waals surface area contributed by atoms with E-state index in [1.165, 1.54) is 0 Å². The summed E-state index contributed by atoms with van der Waals surface area (Å²) in [5.41, 5.74) is -0.534. The third-order valence-corrected chi connectivity index (χ3v) is 5.55. The maximum atomic E-state index is 12.4. The SMILES string of the molecule is CC12C=C(C#N)C(=O)C(C)(C)C1CCN(C(=O)C1CC1)C2. The Kier molecular flexibility index (Phi) is 3.02. The molecular formula is C17H22N2O2. The van der Waals surface area contributed by atoms with Crippen molar-refractivity contribution in [2.24, 2.45) is 22.7 Å². The summed E-state index contributed by atoms with van der Waals surface area (Å²) in [5, 5.41) is 9.25. The van der Waals surface area contributed by atoms with Crippen molar-refractivity contribution >= 4 is 11.7 Å². The predicted octanol–water partition coefficient (Wildman–Crippen LogP) is 2.31. The van der Waals surface area contributed by atoms with E-state index in [1.807, 2.05) is 24.8 Å². The van der Waals surface area contributed by atoms with Gasteiger partial charge in [0.15, 0.2) is 5.78 Å². The number of amides is 1. The van der Waals surface area contributed by atoms with Crippen molar-refractivity contribution < 1.29 is 9.59 Å². The summed E-state index contributed by atoms with van der Waals surface area (Å²) in [6.07, 6.45) is 4.69. The van der Waals surface area contributed by atoms with Gasteiger partial charge in [0.25, 0.3) is 0 Å². The van der Waals surface area contributed by atoms with Gasteiger partial charge in [-0.15, -0.1) is 0 Å². The molecule has 0 spiro atoms. The first-order valence-electron chi connectivity index (χ1n) is 7.76. The monoisotopic (exact) mass is 286 g/mol. The summed E-state index contributed by atoms with van der Waals surface area (Å²) in [7, 11) is 0. The zero-order valence-corrected chi connectivity index (χ0v) is 13.0. The molecule has 0 aromatic heterocycles. The van der Waals surface area contributed by atoms with E-state index in [4.69, 9.17) is 0 Å². The highest BCUT2D eigenvalue weighted by Gasteiger charge is 2.54. The Morgan fingerprint density at radius 2 is 2.00 bits per heavy atom. The molecule has 4 nitrogen and oxygen atoms in total. The average molecular weight is 286 g/mol. The Morgan fingerprint density at radius 1 is 1.33 bits per heavy atom. The summed E-state index contributed by atoms with van der Waals surface area (Å²) in [6, 6.07) is 2.05. The van der Waals surface area contributed by atoms with Crippen LogP contribution in [0, 0.1) is 34.0 Å². The first kappa shape index (κ1) is 14.3. The lowest BCUT2D eigenvalue weighted by atomic mass is 9.55. The molecule has 0 bridgehead atoms. The van der Waals surface area contributed by atoms with E-state index in [0.717, 1.165) is 25.8 Å². The van der Waals surface area contributed by atoms with Crippen molar-refractivity contribution in [3.05, 3.63) is 11.6 Å². The van der Waals surface area contributed by atoms with E-state index in [9.17, 15) is 14.9 Å². The smallest absolute Gasteiger partial charge is 0.225 e. The fraction of sp³-hybridized carbons (Fsp3) is 0.706. The molecule has 4 heteroatoms. The number of Topliss-reactive ketones (excluding diaryl/α,β-unsaturated/α-hetero) is 1. The molecule has 21 heavy (non-hydrogen) atoms. The lowest BCUT2D eigenvalue weighted by Crippen LogP contribution is -2.56. The topological polar surface area (TPSA) is 61.2 Å². The second-order valence-electron chi connectivity index (χ2n) is 7.60. The number of carbonyl (C=O) groups excluding carboxylic acids is 2. The number of carbonyl (C=O) groups is 2. The van der Waals surface area contributed by atoms with Gasteiger partial charge < -0.3 is 4.90 Å². The van der Waals surface area contributed by atoms with E-state index >= 15 is 0 Å². The van der Waals surface area contributed by atoms with Crippen LogP contribution in [-0.2, 0) is 9.59 Å².